The quantitative estimate of drug-likeness (QED) is 0.711. The minimum atomic E-state index is -3.58. The van der Waals surface area contributed by atoms with Gasteiger partial charge in [0.15, 0.2) is 0 Å². The molecule has 0 bridgehead atoms. The van der Waals surface area contributed by atoms with Crippen molar-refractivity contribution in [3.05, 3.63) is 53.6 Å². The molecular weight excluding hydrogens is 338 g/mol. The number of anilines is 2. The lowest BCUT2D eigenvalue weighted by Crippen LogP contribution is -2.26. The van der Waals surface area contributed by atoms with E-state index in [9.17, 15) is 13.2 Å². The van der Waals surface area contributed by atoms with Crippen molar-refractivity contribution in [1.82, 2.24) is 4.72 Å². The highest BCUT2D eigenvalue weighted by atomic mass is 32.2. The molecule has 0 spiro atoms. The van der Waals surface area contributed by atoms with E-state index in [1.165, 1.54) is 6.07 Å². The van der Waals surface area contributed by atoms with Crippen LogP contribution in [0.15, 0.2) is 47.4 Å². The van der Waals surface area contributed by atoms with Crippen LogP contribution in [0.5, 0.6) is 0 Å². The first kappa shape index (κ1) is 17.4. The molecule has 1 heterocycles. The second-order valence-electron chi connectivity index (χ2n) is 6.11. The maximum Gasteiger partial charge on any atom is 0.240 e. The summed E-state index contributed by atoms with van der Waals surface area (Å²) in [5.74, 6) is -0.0315. The molecule has 4 N–H and O–H groups in total. The van der Waals surface area contributed by atoms with E-state index in [1.54, 1.807) is 24.3 Å². The predicted molar refractivity (Wildman–Crippen MR) is 97.8 cm³/mol. The summed E-state index contributed by atoms with van der Waals surface area (Å²) in [7, 11) is -3.58. The Balaban J connectivity index is 1.68. The minimum absolute atomic E-state index is 0.0315. The molecule has 0 saturated heterocycles. The van der Waals surface area contributed by atoms with E-state index >= 15 is 0 Å². The van der Waals surface area contributed by atoms with Gasteiger partial charge in [-0.2, -0.15) is 0 Å². The number of nitrogens with one attached hydrogen (secondary N) is 2. The van der Waals surface area contributed by atoms with Crippen LogP contribution < -0.4 is 15.8 Å². The van der Waals surface area contributed by atoms with Crippen molar-refractivity contribution >= 4 is 27.3 Å². The molecule has 0 aromatic heterocycles. The Morgan fingerprint density at radius 3 is 2.60 bits per heavy atom. The van der Waals surface area contributed by atoms with Crippen LogP contribution in [0.4, 0.5) is 11.4 Å². The molecule has 0 unspecified atom stereocenters. The molecule has 3 rings (SSSR count). The summed E-state index contributed by atoms with van der Waals surface area (Å²) >= 11 is 0. The minimum Gasteiger partial charge on any atom is -0.399 e. The maximum atomic E-state index is 12.5. The summed E-state index contributed by atoms with van der Waals surface area (Å²) in [5, 5.41) is 2.81. The zero-order valence-electron chi connectivity index (χ0n) is 13.8. The molecule has 1 aliphatic rings. The fourth-order valence-corrected chi connectivity index (χ4v) is 3.90. The number of rotatable bonds is 5. The highest BCUT2D eigenvalue weighted by Crippen LogP contribution is 2.25. The van der Waals surface area contributed by atoms with Gasteiger partial charge in [0.05, 0.1) is 4.90 Å². The molecule has 0 aliphatic carbocycles. The van der Waals surface area contributed by atoms with Gasteiger partial charge >= 0.3 is 0 Å². The highest BCUT2D eigenvalue weighted by Gasteiger charge is 2.18. The van der Waals surface area contributed by atoms with Gasteiger partial charge in [0.2, 0.25) is 15.9 Å². The first-order valence-corrected chi connectivity index (χ1v) is 9.69. The molecule has 1 amide bonds. The largest absolute Gasteiger partial charge is 0.399 e. The zero-order valence-corrected chi connectivity index (χ0v) is 14.6. The van der Waals surface area contributed by atoms with Gasteiger partial charge in [-0.25, -0.2) is 13.1 Å². The molecule has 7 heteroatoms. The SMILES string of the molecule is Nc1ccc(CCNS(=O)(=O)c2ccc3c(c2)CCCC(=O)N3)cc1. The van der Waals surface area contributed by atoms with Crippen molar-refractivity contribution in [2.45, 2.75) is 30.6 Å². The molecule has 25 heavy (non-hydrogen) atoms. The predicted octanol–water partition coefficient (Wildman–Crippen LogP) is 2.06. The third kappa shape index (κ3) is 4.37. The summed E-state index contributed by atoms with van der Waals surface area (Å²) in [5.41, 5.74) is 8.89. The molecule has 132 valence electrons. The summed E-state index contributed by atoms with van der Waals surface area (Å²) in [6.45, 7) is 0.306. The van der Waals surface area contributed by atoms with E-state index in [0.29, 0.717) is 43.6 Å². The molecule has 1 aliphatic heterocycles. The second-order valence-corrected chi connectivity index (χ2v) is 7.88. The van der Waals surface area contributed by atoms with Crippen molar-refractivity contribution in [1.29, 1.82) is 0 Å². The molecule has 0 atom stereocenters. The number of carbonyl (C=O) groups excluding carboxylic acids is 1. The van der Waals surface area contributed by atoms with Crippen LogP contribution in [0.3, 0.4) is 0 Å². The number of hydrogen-bond acceptors (Lipinski definition) is 4. The lowest BCUT2D eigenvalue weighted by atomic mass is 10.1. The van der Waals surface area contributed by atoms with Gasteiger partial charge in [-0.05, 0) is 60.7 Å². The van der Waals surface area contributed by atoms with Crippen LogP contribution in [0.25, 0.3) is 0 Å². The van der Waals surface area contributed by atoms with Crippen LogP contribution in [-0.4, -0.2) is 20.9 Å². The molecule has 2 aromatic rings. The van der Waals surface area contributed by atoms with E-state index < -0.39 is 10.0 Å². The van der Waals surface area contributed by atoms with Crippen LogP contribution in [0.2, 0.25) is 0 Å². The Hall–Kier alpha value is -2.38. The first-order valence-electron chi connectivity index (χ1n) is 8.21. The zero-order chi connectivity index (χ0) is 17.9. The molecular formula is C18H21N3O3S. The van der Waals surface area contributed by atoms with Crippen molar-refractivity contribution in [3.63, 3.8) is 0 Å². The van der Waals surface area contributed by atoms with Gasteiger partial charge in [-0.15, -0.1) is 0 Å². The Morgan fingerprint density at radius 1 is 1.08 bits per heavy atom. The average molecular weight is 359 g/mol. The van der Waals surface area contributed by atoms with E-state index in [2.05, 4.69) is 10.0 Å². The molecule has 2 aromatic carbocycles. The number of nitrogen functional groups attached to an aromatic ring is 1. The number of nitrogens with two attached hydrogens (primary N) is 1. The first-order chi connectivity index (χ1) is 11.9. The number of hydrogen-bond donors (Lipinski definition) is 3. The van der Waals surface area contributed by atoms with Gasteiger partial charge in [0.1, 0.15) is 0 Å². The van der Waals surface area contributed by atoms with Gasteiger partial charge in [0.25, 0.3) is 0 Å². The topological polar surface area (TPSA) is 101 Å². The van der Waals surface area contributed by atoms with Crippen molar-refractivity contribution < 1.29 is 13.2 Å². The number of aryl methyl sites for hydroxylation is 1. The number of benzene rings is 2. The fourth-order valence-electron chi connectivity index (χ4n) is 2.82. The van der Waals surface area contributed by atoms with Crippen molar-refractivity contribution in [2.24, 2.45) is 0 Å². The highest BCUT2D eigenvalue weighted by molar-refractivity contribution is 7.89. The summed E-state index contributed by atoms with van der Waals surface area (Å²) in [4.78, 5) is 11.8. The van der Waals surface area contributed by atoms with E-state index in [0.717, 1.165) is 11.1 Å². The van der Waals surface area contributed by atoms with E-state index in [-0.39, 0.29) is 10.8 Å². The molecule has 0 radical (unpaired) electrons. The summed E-state index contributed by atoms with van der Waals surface area (Å²) in [6.07, 6.45) is 2.44. The van der Waals surface area contributed by atoms with Crippen LogP contribution in [0.1, 0.15) is 24.0 Å². The normalized spacial score (nSPS) is 14.5. The lowest BCUT2D eigenvalue weighted by molar-refractivity contribution is -0.116. The van der Waals surface area contributed by atoms with Crippen molar-refractivity contribution in [3.8, 4) is 0 Å². The monoisotopic (exact) mass is 359 g/mol. The Bertz CT molecular complexity index is 877. The number of fused-ring (bicyclic) bond motifs is 1. The lowest BCUT2D eigenvalue weighted by Gasteiger charge is -2.11. The van der Waals surface area contributed by atoms with Crippen molar-refractivity contribution in [2.75, 3.05) is 17.6 Å². The maximum absolute atomic E-state index is 12.5. The standard InChI is InChI=1S/C18H21N3O3S/c19-15-6-4-13(5-7-15)10-11-20-25(23,24)16-8-9-17-14(12-16)2-1-3-18(22)21-17/h4-9,12,20H,1-3,10-11,19H2,(H,21,22). The van der Waals surface area contributed by atoms with E-state index in [1.807, 2.05) is 12.1 Å². The third-order valence-electron chi connectivity index (χ3n) is 4.20. The Labute approximate surface area is 147 Å². The van der Waals surface area contributed by atoms with Crippen LogP contribution >= 0.6 is 0 Å². The average Bonchev–Trinajstić information content (AvgIpc) is 2.76. The molecule has 6 nitrogen and oxygen atoms in total. The Kier molecular flexibility index (Phi) is 5.06. The van der Waals surface area contributed by atoms with Gasteiger partial charge in [-0.3, -0.25) is 4.79 Å². The fraction of sp³-hybridized carbons (Fsp3) is 0.278. The second kappa shape index (κ2) is 7.25. The number of sulfonamides is 1. The number of carbonyl (C=O) groups is 1. The molecule has 0 fully saturated rings. The van der Waals surface area contributed by atoms with Crippen LogP contribution in [0, 0.1) is 0 Å². The molecule has 0 saturated carbocycles. The van der Waals surface area contributed by atoms with Crippen LogP contribution in [-0.2, 0) is 27.7 Å². The van der Waals surface area contributed by atoms with Gasteiger partial charge in [0, 0.05) is 24.3 Å². The summed E-state index contributed by atoms with van der Waals surface area (Å²) < 4.78 is 27.6. The number of amides is 1. The van der Waals surface area contributed by atoms with E-state index in [4.69, 9.17) is 5.73 Å². The van der Waals surface area contributed by atoms with Gasteiger partial charge in [-0.1, -0.05) is 12.1 Å². The summed E-state index contributed by atoms with van der Waals surface area (Å²) in [6, 6.07) is 12.2. The smallest absolute Gasteiger partial charge is 0.240 e. The third-order valence-corrected chi connectivity index (χ3v) is 5.66. The van der Waals surface area contributed by atoms with Gasteiger partial charge < -0.3 is 11.1 Å². The Morgan fingerprint density at radius 2 is 1.84 bits per heavy atom.